The zero-order chi connectivity index (χ0) is 15.6. The number of alkyl halides is 3. The number of halogens is 4. The minimum absolute atomic E-state index is 0.249. The van der Waals surface area contributed by atoms with Gasteiger partial charge in [-0.1, -0.05) is 35.9 Å². The topological polar surface area (TPSA) is 12.0 Å². The van der Waals surface area contributed by atoms with Crippen LogP contribution in [0.2, 0.25) is 5.02 Å². The first-order valence-corrected chi connectivity index (χ1v) is 6.82. The highest BCUT2D eigenvalue weighted by atomic mass is 35.5. The number of rotatable bonds is 3. The molecule has 2 aromatic rings. The molecule has 0 saturated heterocycles. The summed E-state index contributed by atoms with van der Waals surface area (Å²) >= 11 is 6.18. The Balaban J connectivity index is 2.47. The Bertz CT molecular complexity index is 638. The molecule has 0 saturated carbocycles. The van der Waals surface area contributed by atoms with Crippen molar-refractivity contribution in [3.05, 3.63) is 69.7 Å². The van der Waals surface area contributed by atoms with Crippen molar-refractivity contribution < 1.29 is 13.2 Å². The van der Waals surface area contributed by atoms with E-state index in [0.717, 1.165) is 23.3 Å². The summed E-state index contributed by atoms with van der Waals surface area (Å²) in [6.07, 6.45) is -4.33. The quantitative estimate of drug-likeness (QED) is 0.843. The zero-order valence-corrected chi connectivity index (χ0v) is 12.4. The van der Waals surface area contributed by atoms with Crippen molar-refractivity contribution in [3.8, 4) is 0 Å². The molecule has 0 spiro atoms. The van der Waals surface area contributed by atoms with E-state index in [2.05, 4.69) is 5.32 Å². The Morgan fingerprint density at radius 1 is 1.05 bits per heavy atom. The predicted molar refractivity (Wildman–Crippen MR) is 78.5 cm³/mol. The number of hydrogen-bond donors (Lipinski definition) is 1. The van der Waals surface area contributed by atoms with Gasteiger partial charge in [-0.25, -0.2) is 0 Å². The minimum Gasteiger partial charge on any atom is -0.309 e. The van der Waals surface area contributed by atoms with Crippen LogP contribution in [0.4, 0.5) is 13.2 Å². The van der Waals surface area contributed by atoms with Gasteiger partial charge in [-0.15, -0.1) is 0 Å². The number of benzene rings is 2. The molecule has 1 atom stereocenters. The lowest BCUT2D eigenvalue weighted by Crippen LogP contribution is -2.19. The molecule has 0 bridgehead atoms. The predicted octanol–water partition coefficient (Wildman–Crippen LogP) is 4.98. The second-order valence-electron chi connectivity index (χ2n) is 4.81. The second kappa shape index (κ2) is 6.08. The SMILES string of the molecule is CNC(c1ccc(C(F)(F)F)cc1C)c1ccccc1Cl. The van der Waals surface area contributed by atoms with Gasteiger partial charge >= 0.3 is 6.18 Å². The van der Waals surface area contributed by atoms with Crippen LogP contribution in [0.5, 0.6) is 0 Å². The standard InChI is InChI=1S/C16H15ClF3N/c1-10-9-11(16(18,19)20)7-8-12(10)15(21-2)13-5-3-4-6-14(13)17/h3-9,15,21H,1-2H3. The molecule has 0 amide bonds. The molecule has 1 N–H and O–H groups in total. The summed E-state index contributed by atoms with van der Waals surface area (Å²) in [7, 11) is 1.76. The van der Waals surface area contributed by atoms with E-state index < -0.39 is 11.7 Å². The summed E-state index contributed by atoms with van der Waals surface area (Å²) in [5, 5.41) is 3.69. The van der Waals surface area contributed by atoms with Crippen LogP contribution in [0.25, 0.3) is 0 Å². The van der Waals surface area contributed by atoms with Crippen molar-refractivity contribution in [2.45, 2.75) is 19.1 Å². The molecule has 2 aromatic carbocycles. The Morgan fingerprint density at radius 3 is 2.24 bits per heavy atom. The van der Waals surface area contributed by atoms with Gasteiger partial charge < -0.3 is 5.32 Å². The molecule has 0 aliphatic rings. The lowest BCUT2D eigenvalue weighted by molar-refractivity contribution is -0.137. The Morgan fingerprint density at radius 2 is 1.71 bits per heavy atom. The highest BCUT2D eigenvalue weighted by Crippen LogP contribution is 2.34. The van der Waals surface area contributed by atoms with Crippen molar-refractivity contribution in [3.63, 3.8) is 0 Å². The van der Waals surface area contributed by atoms with Gasteiger partial charge in [-0.05, 0) is 48.9 Å². The van der Waals surface area contributed by atoms with Crippen LogP contribution in [-0.4, -0.2) is 7.05 Å². The number of nitrogens with one attached hydrogen (secondary N) is 1. The van der Waals surface area contributed by atoms with Gasteiger partial charge in [-0.3, -0.25) is 0 Å². The van der Waals surface area contributed by atoms with E-state index in [1.54, 1.807) is 20.0 Å². The summed E-state index contributed by atoms with van der Waals surface area (Å²) in [6.45, 7) is 1.67. The van der Waals surface area contributed by atoms with Crippen molar-refractivity contribution in [1.82, 2.24) is 5.32 Å². The normalized spacial score (nSPS) is 13.2. The molecular formula is C16H15ClF3N. The van der Waals surface area contributed by atoms with Crippen LogP contribution >= 0.6 is 11.6 Å². The number of hydrogen-bond acceptors (Lipinski definition) is 1. The van der Waals surface area contributed by atoms with E-state index in [-0.39, 0.29) is 6.04 Å². The largest absolute Gasteiger partial charge is 0.416 e. The highest BCUT2D eigenvalue weighted by Gasteiger charge is 2.31. The lowest BCUT2D eigenvalue weighted by Gasteiger charge is -2.21. The third-order valence-corrected chi connectivity index (χ3v) is 3.76. The Labute approximate surface area is 126 Å². The fourth-order valence-electron chi connectivity index (χ4n) is 2.36. The van der Waals surface area contributed by atoms with Crippen LogP contribution in [0.1, 0.15) is 28.3 Å². The van der Waals surface area contributed by atoms with Gasteiger partial charge in [-0.2, -0.15) is 13.2 Å². The van der Waals surface area contributed by atoms with E-state index in [1.165, 1.54) is 6.07 Å². The summed E-state index contributed by atoms with van der Waals surface area (Å²) in [4.78, 5) is 0. The summed E-state index contributed by atoms with van der Waals surface area (Å²) in [5.74, 6) is 0. The van der Waals surface area contributed by atoms with Crippen molar-refractivity contribution >= 4 is 11.6 Å². The Hall–Kier alpha value is -1.52. The highest BCUT2D eigenvalue weighted by molar-refractivity contribution is 6.31. The molecule has 2 rings (SSSR count). The molecule has 1 nitrogen and oxygen atoms in total. The molecule has 1 unspecified atom stereocenters. The summed E-state index contributed by atoms with van der Waals surface area (Å²) < 4.78 is 38.2. The molecule has 112 valence electrons. The average molecular weight is 314 g/mol. The zero-order valence-electron chi connectivity index (χ0n) is 11.6. The van der Waals surface area contributed by atoms with Crippen LogP contribution in [0, 0.1) is 6.92 Å². The molecule has 21 heavy (non-hydrogen) atoms. The first-order chi connectivity index (χ1) is 9.84. The third kappa shape index (κ3) is 3.39. The summed E-state index contributed by atoms with van der Waals surface area (Å²) in [6, 6.07) is 10.8. The molecule has 0 fully saturated rings. The van der Waals surface area contributed by atoms with E-state index >= 15 is 0 Å². The van der Waals surface area contributed by atoms with Gasteiger partial charge in [0.2, 0.25) is 0 Å². The molecule has 0 aliphatic carbocycles. The van der Waals surface area contributed by atoms with E-state index in [1.807, 2.05) is 18.2 Å². The molecule has 0 aliphatic heterocycles. The maximum absolute atomic E-state index is 12.7. The van der Waals surface area contributed by atoms with Gasteiger partial charge in [0.25, 0.3) is 0 Å². The van der Waals surface area contributed by atoms with Crippen molar-refractivity contribution in [2.24, 2.45) is 0 Å². The second-order valence-corrected chi connectivity index (χ2v) is 5.22. The van der Waals surface area contributed by atoms with Crippen LogP contribution < -0.4 is 5.32 Å². The Kier molecular flexibility index (Phi) is 4.59. The molecule has 0 radical (unpaired) electrons. The third-order valence-electron chi connectivity index (χ3n) is 3.41. The average Bonchev–Trinajstić information content (AvgIpc) is 2.42. The van der Waals surface area contributed by atoms with Gasteiger partial charge in [0.15, 0.2) is 0 Å². The number of aryl methyl sites for hydroxylation is 1. The van der Waals surface area contributed by atoms with Gasteiger partial charge in [0.05, 0.1) is 11.6 Å². The lowest BCUT2D eigenvalue weighted by atomic mass is 9.93. The van der Waals surface area contributed by atoms with Crippen LogP contribution in [0.3, 0.4) is 0 Å². The maximum atomic E-state index is 12.7. The maximum Gasteiger partial charge on any atom is 0.416 e. The molecule has 0 aromatic heterocycles. The van der Waals surface area contributed by atoms with Crippen molar-refractivity contribution in [2.75, 3.05) is 7.05 Å². The van der Waals surface area contributed by atoms with E-state index in [0.29, 0.717) is 10.6 Å². The summed E-state index contributed by atoms with van der Waals surface area (Å²) in [5.41, 5.74) is 1.55. The molecular weight excluding hydrogens is 299 g/mol. The molecule has 0 heterocycles. The van der Waals surface area contributed by atoms with Crippen LogP contribution in [0.15, 0.2) is 42.5 Å². The van der Waals surface area contributed by atoms with E-state index in [9.17, 15) is 13.2 Å². The van der Waals surface area contributed by atoms with Crippen LogP contribution in [-0.2, 0) is 6.18 Å². The fourth-order valence-corrected chi connectivity index (χ4v) is 2.61. The smallest absolute Gasteiger partial charge is 0.309 e. The van der Waals surface area contributed by atoms with Gasteiger partial charge in [0.1, 0.15) is 0 Å². The monoisotopic (exact) mass is 313 g/mol. The fraction of sp³-hybridized carbons (Fsp3) is 0.250. The van der Waals surface area contributed by atoms with Crippen molar-refractivity contribution in [1.29, 1.82) is 0 Å². The van der Waals surface area contributed by atoms with Gasteiger partial charge in [0, 0.05) is 5.02 Å². The first kappa shape index (κ1) is 15.9. The first-order valence-electron chi connectivity index (χ1n) is 6.44. The van der Waals surface area contributed by atoms with E-state index in [4.69, 9.17) is 11.6 Å². The molecule has 5 heteroatoms. The minimum atomic E-state index is -4.33.